The number of nitrogens with zero attached hydrogens (tertiary/aromatic N) is 4. The molecular weight excluding hydrogens is 421 g/mol. The first-order valence-electron chi connectivity index (χ1n) is 11.0. The van der Waals surface area contributed by atoms with Crippen molar-refractivity contribution in [3.63, 3.8) is 0 Å². The maximum Gasteiger partial charge on any atom is 0.406 e. The Kier molecular flexibility index (Phi) is 5.04. The number of carbonyl (C=O) groups excluding carboxylic acids is 1. The van der Waals surface area contributed by atoms with Crippen LogP contribution in [-0.4, -0.2) is 58.3 Å². The van der Waals surface area contributed by atoms with Crippen molar-refractivity contribution in [3.8, 4) is 6.07 Å². The number of rotatable bonds is 5. The average Bonchev–Trinajstić information content (AvgIpc) is 3.43. The maximum atomic E-state index is 13.2. The van der Waals surface area contributed by atoms with Crippen LogP contribution in [0.3, 0.4) is 0 Å². The zero-order valence-corrected chi connectivity index (χ0v) is 17.6. The molecule has 2 aromatic heterocycles. The molecule has 0 radical (unpaired) electrons. The van der Waals surface area contributed by atoms with Crippen molar-refractivity contribution in [2.45, 2.75) is 56.3 Å². The third-order valence-corrected chi connectivity index (χ3v) is 7.23. The summed E-state index contributed by atoms with van der Waals surface area (Å²) in [7, 11) is 0. The van der Waals surface area contributed by atoms with E-state index in [-0.39, 0.29) is 37.3 Å². The molecule has 2 aromatic rings. The Balaban J connectivity index is 1.32. The number of H-pyrrole nitrogens is 1. The number of carbonyl (C=O) groups is 1. The lowest BCUT2D eigenvalue weighted by atomic mass is 9.84. The van der Waals surface area contributed by atoms with Crippen LogP contribution in [-0.2, 0) is 0 Å². The zero-order chi connectivity index (χ0) is 22.5. The average molecular weight is 446 g/mol. The molecule has 0 aromatic carbocycles. The van der Waals surface area contributed by atoms with Crippen LogP contribution < -0.4 is 10.2 Å². The van der Waals surface area contributed by atoms with E-state index in [1.165, 1.54) is 4.90 Å². The molecule has 0 bridgehead atoms. The van der Waals surface area contributed by atoms with Crippen molar-refractivity contribution in [1.82, 2.24) is 20.2 Å². The third-order valence-electron chi connectivity index (χ3n) is 7.23. The molecule has 0 unspecified atom stereocenters. The Morgan fingerprint density at radius 3 is 2.69 bits per heavy atom. The molecule has 3 aliphatic rings. The monoisotopic (exact) mass is 446 g/mol. The number of hydrogen-bond donors (Lipinski definition) is 2. The summed E-state index contributed by atoms with van der Waals surface area (Å²) in [5.74, 6) is 0.00469. The first kappa shape index (κ1) is 21.1. The molecule has 10 heteroatoms. The summed E-state index contributed by atoms with van der Waals surface area (Å²) in [5.41, 5.74) is 0.366. The molecule has 2 fully saturated rings. The second-order valence-corrected chi connectivity index (χ2v) is 9.17. The highest BCUT2D eigenvalue weighted by Gasteiger charge is 2.63. The molecule has 3 heterocycles. The maximum absolute atomic E-state index is 13.2. The first-order chi connectivity index (χ1) is 15.3. The van der Waals surface area contributed by atoms with Crippen molar-refractivity contribution < 1.29 is 18.0 Å². The molecule has 170 valence electrons. The Morgan fingerprint density at radius 2 is 2.03 bits per heavy atom. The lowest BCUT2D eigenvalue weighted by Crippen LogP contribution is -2.52. The van der Waals surface area contributed by atoms with E-state index in [1.54, 1.807) is 12.4 Å². The van der Waals surface area contributed by atoms with E-state index in [1.807, 2.05) is 6.07 Å². The fraction of sp³-hybridized carbons (Fsp3) is 0.591. The van der Waals surface area contributed by atoms with Gasteiger partial charge in [0.2, 0.25) is 0 Å². The topological polar surface area (TPSA) is 88.1 Å². The van der Waals surface area contributed by atoms with Gasteiger partial charge in [0, 0.05) is 23.8 Å². The minimum Gasteiger partial charge on any atom is -0.349 e. The minimum absolute atomic E-state index is 0.00125. The van der Waals surface area contributed by atoms with Crippen LogP contribution in [0.15, 0.2) is 18.5 Å². The normalized spacial score (nSPS) is 25.0. The molecule has 1 amide bonds. The fourth-order valence-corrected chi connectivity index (χ4v) is 5.14. The van der Waals surface area contributed by atoms with Crippen LogP contribution in [0.5, 0.6) is 0 Å². The van der Waals surface area contributed by atoms with Gasteiger partial charge in [0.05, 0.1) is 24.0 Å². The quantitative estimate of drug-likeness (QED) is 0.686. The van der Waals surface area contributed by atoms with Crippen LogP contribution in [0.1, 0.15) is 48.9 Å². The lowest BCUT2D eigenvalue weighted by molar-refractivity contribution is -0.166. The van der Waals surface area contributed by atoms with E-state index in [2.05, 4.69) is 26.3 Å². The number of pyridine rings is 1. The number of fused-ring (bicyclic) bond motifs is 3. The number of amides is 1. The van der Waals surface area contributed by atoms with Crippen molar-refractivity contribution in [3.05, 3.63) is 24.0 Å². The standard InChI is InChI=1S/C22H25F3N6O/c23-22(24,25)21(6-7-21)29-11-14-1-3-15(4-2-14)31-13-30(10-8-26)20(32)17-12-28-19-16(18(17)31)5-9-27-19/h5,9,12,14-15,29H,1-4,6-7,10-11,13H2,(H,27,28). The van der Waals surface area contributed by atoms with E-state index in [9.17, 15) is 23.2 Å². The summed E-state index contributed by atoms with van der Waals surface area (Å²) in [5, 5.41) is 12.8. The van der Waals surface area contributed by atoms with E-state index in [0.29, 0.717) is 24.4 Å². The van der Waals surface area contributed by atoms with Gasteiger partial charge in [-0.15, -0.1) is 0 Å². The smallest absolute Gasteiger partial charge is 0.349 e. The van der Waals surface area contributed by atoms with Crippen molar-refractivity contribution >= 4 is 22.6 Å². The van der Waals surface area contributed by atoms with Gasteiger partial charge in [-0.05, 0) is 57.1 Å². The predicted octanol–water partition coefficient (Wildman–Crippen LogP) is 3.55. The number of nitrogens with one attached hydrogen (secondary N) is 2. The van der Waals surface area contributed by atoms with Gasteiger partial charge in [0.15, 0.2) is 0 Å². The molecule has 7 nitrogen and oxygen atoms in total. The molecule has 32 heavy (non-hydrogen) atoms. The summed E-state index contributed by atoms with van der Waals surface area (Å²) >= 11 is 0. The Morgan fingerprint density at radius 1 is 1.28 bits per heavy atom. The Bertz CT molecular complexity index is 1060. The van der Waals surface area contributed by atoms with Crippen LogP contribution >= 0.6 is 0 Å². The van der Waals surface area contributed by atoms with E-state index in [0.717, 1.165) is 36.8 Å². The van der Waals surface area contributed by atoms with Gasteiger partial charge in [0.1, 0.15) is 17.7 Å². The van der Waals surface area contributed by atoms with E-state index < -0.39 is 11.7 Å². The molecule has 0 saturated heterocycles. The van der Waals surface area contributed by atoms with Crippen molar-refractivity contribution in [2.75, 3.05) is 24.7 Å². The SMILES string of the molecule is N#CCN1CN(C2CCC(CNC3(C(F)(F)F)CC3)CC2)c2c(cnc3[nH]ccc23)C1=O. The second kappa shape index (κ2) is 7.66. The fourth-order valence-electron chi connectivity index (χ4n) is 5.14. The Hall–Kier alpha value is -2.80. The summed E-state index contributed by atoms with van der Waals surface area (Å²) in [6.07, 6.45) is 2.80. The predicted molar refractivity (Wildman–Crippen MR) is 112 cm³/mol. The molecule has 2 N–H and O–H groups in total. The molecule has 1 aliphatic heterocycles. The van der Waals surface area contributed by atoms with Gasteiger partial charge >= 0.3 is 6.18 Å². The Labute approximate surface area is 183 Å². The summed E-state index contributed by atoms with van der Waals surface area (Å²) in [6.45, 7) is 0.709. The van der Waals surface area contributed by atoms with Crippen LogP contribution in [0.2, 0.25) is 0 Å². The van der Waals surface area contributed by atoms with Gasteiger partial charge in [-0.1, -0.05) is 0 Å². The highest BCUT2D eigenvalue weighted by atomic mass is 19.4. The largest absolute Gasteiger partial charge is 0.406 e. The van der Waals surface area contributed by atoms with Gasteiger partial charge in [-0.3, -0.25) is 4.79 Å². The summed E-state index contributed by atoms with van der Waals surface area (Å²) in [4.78, 5) is 24.1. The van der Waals surface area contributed by atoms with E-state index >= 15 is 0 Å². The van der Waals surface area contributed by atoms with E-state index in [4.69, 9.17) is 0 Å². The summed E-state index contributed by atoms with van der Waals surface area (Å²) < 4.78 is 39.6. The van der Waals surface area contributed by atoms with Crippen LogP contribution in [0.4, 0.5) is 18.9 Å². The molecule has 0 atom stereocenters. The number of aromatic nitrogens is 2. The van der Waals surface area contributed by atoms with Gasteiger partial charge in [-0.2, -0.15) is 18.4 Å². The second-order valence-electron chi connectivity index (χ2n) is 9.17. The number of anilines is 1. The number of halogens is 3. The molecule has 2 saturated carbocycles. The van der Waals surface area contributed by atoms with Crippen molar-refractivity contribution in [1.29, 1.82) is 5.26 Å². The zero-order valence-electron chi connectivity index (χ0n) is 17.6. The first-order valence-corrected chi connectivity index (χ1v) is 11.0. The highest BCUT2D eigenvalue weighted by molar-refractivity contribution is 6.08. The number of nitriles is 1. The van der Waals surface area contributed by atoms with Gasteiger partial charge in [-0.25, -0.2) is 4.98 Å². The number of aromatic amines is 1. The number of hydrogen-bond acceptors (Lipinski definition) is 5. The van der Waals surface area contributed by atoms with Crippen LogP contribution in [0, 0.1) is 17.2 Å². The van der Waals surface area contributed by atoms with Crippen molar-refractivity contribution in [2.24, 2.45) is 5.92 Å². The van der Waals surface area contributed by atoms with Crippen LogP contribution in [0.25, 0.3) is 11.0 Å². The minimum atomic E-state index is -4.19. The highest BCUT2D eigenvalue weighted by Crippen LogP contribution is 2.49. The van der Waals surface area contributed by atoms with Gasteiger partial charge in [0.25, 0.3) is 5.91 Å². The molecule has 5 rings (SSSR count). The van der Waals surface area contributed by atoms with Gasteiger partial charge < -0.3 is 20.1 Å². The lowest BCUT2D eigenvalue weighted by Gasteiger charge is -2.44. The number of alkyl halides is 3. The molecule has 0 spiro atoms. The molecule has 2 aliphatic carbocycles. The third kappa shape index (κ3) is 3.48. The molecular formula is C22H25F3N6O. The summed E-state index contributed by atoms with van der Waals surface area (Å²) in [6, 6.07) is 4.12.